The molecule has 1 heteroatoms. The fourth-order valence-corrected chi connectivity index (χ4v) is 4.74. The second-order valence-corrected chi connectivity index (χ2v) is 7.45. The minimum absolute atomic E-state index is 0.953. The van der Waals surface area contributed by atoms with Crippen molar-refractivity contribution in [3.05, 3.63) is 101 Å². The normalized spacial score (nSPS) is 13.5. The highest BCUT2D eigenvalue weighted by molar-refractivity contribution is 5.87. The third-order valence-electron chi connectivity index (χ3n) is 5.95. The molecule has 2 aliphatic carbocycles. The van der Waals surface area contributed by atoms with E-state index in [1.165, 1.54) is 44.5 Å². The van der Waals surface area contributed by atoms with Crippen molar-refractivity contribution in [2.45, 2.75) is 19.3 Å². The molecule has 4 aromatic rings. The topological polar surface area (TPSA) is 11.3 Å². The lowest BCUT2D eigenvalue weighted by atomic mass is 9.83. The lowest BCUT2D eigenvalue weighted by Gasteiger charge is -2.17. The molecule has 0 fully saturated rings. The molecule has 0 unspecified atom stereocenters. The maximum Gasteiger partial charge on any atom is 0.365 e. The van der Waals surface area contributed by atoms with Crippen LogP contribution in [0.15, 0.2) is 83.3 Å². The molecule has 0 radical (unpaired) electrons. The molecule has 0 saturated carbocycles. The molecule has 0 amide bonds. The Morgan fingerprint density at radius 2 is 1.19 bits per heavy atom. The third kappa shape index (κ3) is 2.15. The summed E-state index contributed by atoms with van der Waals surface area (Å²) in [4.78, 5) is 0. The first-order valence-electron chi connectivity index (χ1n) is 9.64. The number of hydrogen-bond acceptors (Lipinski definition) is 0. The van der Waals surface area contributed by atoms with E-state index in [1.807, 2.05) is 0 Å². The molecule has 1 aromatic heterocycles. The largest absolute Gasteiger partial charge is 0.365 e. The maximum absolute atomic E-state index is 6.66. The van der Waals surface area contributed by atoms with Gasteiger partial charge in [-0.05, 0) is 41.7 Å². The fraction of sp³-hybridized carbons (Fsp3) is 0.115. The van der Waals surface area contributed by atoms with Gasteiger partial charge in [-0.3, -0.25) is 0 Å². The highest BCUT2D eigenvalue weighted by atomic mass is 16.3. The van der Waals surface area contributed by atoms with E-state index in [1.54, 1.807) is 0 Å². The molecule has 1 nitrogen and oxygen atoms in total. The summed E-state index contributed by atoms with van der Waals surface area (Å²) in [5, 5.41) is 0. The molecule has 0 saturated heterocycles. The van der Waals surface area contributed by atoms with E-state index in [0.717, 1.165) is 30.8 Å². The van der Waals surface area contributed by atoms with E-state index in [0.29, 0.717) is 0 Å². The van der Waals surface area contributed by atoms with Crippen LogP contribution in [0.4, 0.5) is 0 Å². The van der Waals surface area contributed by atoms with Crippen molar-refractivity contribution in [2.75, 3.05) is 0 Å². The van der Waals surface area contributed by atoms with Crippen LogP contribution in [0.1, 0.15) is 22.3 Å². The summed E-state index contributed by atoms with van der Waals surface area (Å²) in [6.45, 7) is 0. The average Bonchev–Trinajstić information content (AvgIpc) is 3.11. The Bertz CT molecular complexity index is 1190. The second-order valence-electron chi connectivity index (χ2n) is 7.45. The Kier molecular flexibility index (Phi) is 3.12. The Balaban J connectivity index is 1.72. The monoisotopic (exact) mass is 347 g/mol. The van der Waals surface area contributed by atoms with Gasteiger partial charge < -0.3 is 0 Å². The van der Waals surface area contributed by atoms with Crippen LogP contribution in [-0.2, 0) is 19.3 Å². The number of aryl methyl sites for hydroxylation is 1. The predicted molar refractivity (Wildman–Crippen MR) is 110 cm³/mol. The fourth-order valence-electron chi connectivity index (χ4n) is 4.74. The van der Waals surface area contributed by atoms with Crippen molar-refractivity contribution in [3.8, 4) is 33.8 Å². The van der Waals surface area contributed by atoms with Gasteiger partial charge in [0.05, 0.1) is 22.3 Å². The smallest absolute Gasteiger partial charge is 0.206 e. The van der Waals surface area contributed by atoms with Crippen molar-refractivity contribution < 1.29 is 4.42 Å². The van der Waals surface area contributed by atoms with E-state index < -0.39 is 0 Å². The highest BCUT2D eigenvalue weighted by Crippen LogP contribution is 2.48. The molecule has 27 heavy (non-hydrogen) atoms. The highest BCUT2D eigenvalue weighted by Gasteiger charge is 2.39. The van der Waals surface area contributed by atoms with E-state index >= 15 is 0 Å². The van der Waals surface area contributed by atoms with Crippen molar-refractivity contribution in [1.82, 2.24) is 0 Å². The zero-order valence-corrected chi connectivity index (χ0v) is 15.0. The molecular weight excluding hydrogens is 328 g/mol. The third-order valence-corrected chi connectivity index (χ3v) is 5.95. The summed E-state index contributed by atoms with van der Waals surface area (Å²) >= 11 is 0. The molecule has 6 rings (SSSR count). The molecule has 128 valence electrons. The van der Waals surface area contributed by atoms with Crippen molar-refractivity contribution in [3.63, 3.8) is 0 Å². The minimum Gasteiger partial charge on any atom is -0.206 e. The first kappa shape index (κ1) is 14.9. The standard InChI is InChI=1S/C26H19O/c1-2-9-18(10-3-1)24-22-15-14-17-8-4-6-12-20(17)25(22)27-26-21-13-7-5-11-19(21)16-23(24)26/h1-13H,14-16H2/q+1. The van der Waals surface area contributed by atoms with Crippen LogP contribution < -0.4 is 0 Å². The summed E-state index contributed by atoms with van der Waals surface area (Å²) in [5.41, 5.74) is 10.7. The SMILES string of the molecule is c1ccc(-c2c3c([o+]c4c2Cc2ccccc2-4)-c2ccccc2CC3)cc1. The molecule has 2 aliphatic rings. The van der Waals surface area contributed by atoms with Crippen LogP contribution in [0.2, 0.25) is 0 Å². The number of benzene rings is 3. The molecule has 0 N–H and O–H groups in total. The summed E-state index contributed by atoms with van der Waals surface area (Å²) in [6, 6.07) is 28.2. The van der Waals surface area contributed by atoms with E-state index in [4.69, 9.17) is 4.42 Å². The number of rotatable bonds is 1. The van der Waals surface area contributed by atoms with Crippen LogP contribution in [0, 0.1) is 0 Å². The zero-order valence-electron chi connectivity index (χ0n) is 15.0. The Labute approximate surface area is 158 Å². The summed E-state index contributed by atoms with van der Waals surface area (Å²) in [7, 11) is 0. The van der Waals surface area contributed by atoms with Gasteiger partial charge in [0.15, 0.2) is 0 Å². The molecule has 0 atom stereocenters. The van der Waals surface area contributed by atoms with Gasteiger partial charge in [0, 0.05) is 12.0 Å². The summed E-state index contributed by atoms with van der Waals surface area (Å²) in [6.07, 6.45) is 3.06. The van der Waals surface area contributed by atoms with E-state index in [2.05, 4.69) is 78.9 Å². The first-order valence-corrected chi connectivity index (χ1v) is 9.64. The molecule has 3 aromatic carbocycles. The van der Waals surface area contributed by atoms with Gasteiger partial charge in [-0.2, -0.15) is 0 Å². The lowest BCUT2D eigenvalue weighted by Crippen LogP contribution is -2.07. The van der Waals surface area contributed by atoms with Crippen LogP contribution in [0.25, 0.3) is 33.8 Å². The van der Waals surface area contributed by atoms with Gasteiger partial charge in [0.25, 0.3) is 0 Å². The second kappa shape index (κ2) is 5.65. The summed E-state index contributed by atoms with van der Waals surface area (Å²) < 4.78 is 6.66. The minimum atomic E-state index is 0.953. The van der Waals surface area contributed by atoms with Gasteiger partial charge in [-0.15, -0.1) is 0 Å². The summed E-state index contributed by atoms with van der Waals surface area (Å²) in [5.74, 6) is 2.12. The van der Waals surface area contributed by atoms with Crippen molar-refractivity contribution in [2.24, 2.45) is 0 Å². The van der Waals surface area contributed by atoms with Gasteiger partial charge >= 0.3 is 11.5 Å². The van der Waals surface area contributed by atoms with Gasteiger partial charge in [0.2, 0.25) is 0 Å². The van der Waals surface area contributed by atoms with Crippen LogP contribution >= 0.6 is 0 Å². The zero-order chi connectivity index (χ0) is 17.8. The first-order chi connectivity index (χ1) is 13.4. The van der Waals surface area contributed by atoms with Gasteiger partial charge in [0.1, 0.15) is 0 Å². The lowest BCUT2D eigenvalue weighted by molar-refractivity contribution is 0.567. The average molecular weight is 347 g/mol. The van der Waals surface area contributed by atoms with Crippen LogP contribution in [0.5, 0.6) is 0 Å². The predicted octanol–water partition coefficient (Wildman–Crippen LogP) is 6.56. The molecule has 0 aliphatic heterocycles. The molecule has 1 heterocycles. The van der Waals surface area contributed by atoms with E-state index in [9.17, 15) is 0 Å². The quantitative estimate of drug-likeness (QED) is 0.312. The Morgan fingerprint density at radius 1 is 0.556 bits per heavy atom. The van der Waals surface area contributed by atoms with Gasteiger partial charge in [-0.1, -0.05) is 66.7 Å². The Hall–Kier alpha value is -3.19. The van der Waals surface area contributed by atoms with Crippen LogP contribution in [-0.4, -0.2) is 0 Å². The van der Waals surface area contributed by atoms with Gasteiger partial charge in [-0.25, -0.2) is 4.42 Å². The van der Waals surface area contributed by atoms with E-state index in [-0.39, 0.29) is 0 Å². The van der Waals surface area contributed by atoms with Crippen molar-refractivity contribution in [1.29, 1.82) is 0 Å². The van der Waals surface area contributed by atoms with Crippen molar-refractivity contribution >= 4 is 0 Å². The number of hydrogen-bond donors (Lipinski definition) is 0. The molecule has 0 spiro atoms. The number of fused-ring (bicyclic) bond motifs is 6. The Morgan fingerprint density at radius 3 is 2.00 bits per heavy atom. The van der Waals surface area contributed by atoms with Crippen LogP contribution in [0.3, 0.4) is 0 Å². The molecular formula is C26H19O+. The molecule has 0 bridgehead atoms. The maximum atomic E-state index is 6.66.